The monoisotopic (exact) mass is 156 g/mol. The third kappa shape index (κ3) is 1.56. The molecule has 1 aromatic heterocycles. The second-order valence-corrected chi connectivity index (χ2v) is 1.85. The van der Waals surface area contributed by atoms with Crippen LogP contribution in [0.2, 0.25) is 0 Å². The average Bonchev–Trinajstić information content (AvgIpc) is 2.53. The van der Waals surface area contributed by atoms with Crippen LogP contribution < -0.4 is 0 Å². The van der Waals surface area contributed by atoms with Gasteiger partial charge in [0, 0.05) is 7.05 Å². The number of carbonyl (C=O) groups is 1. The summed E-state index contributed by atoms with van der Waals surface area (Å²) in [6.07, 6.45) is 2.52. The summed E-state index contributed by atoms with van der Waals surface area (Å²) in [5.41, 5.74) is 0. The first-order chi connectivity index (χ1) is 5.25. The molecule has 1 rings (SSSR count). The SMILES string of the molecule is CON(C)C(=O)c1cnco1. The van der Waals surface area contributed by atoms with Gasteiger partial charge in [-0.3, -0.25) is 9.63 Å². The maximum atomic E-state index is 11.1. The highest BCUT2D eigenvalue weighted by molar-refractivity contribution is 5.90. The predicted molar refractivity (Wildman–Crippen MR) is 35.6 cm³/mol. The number of hydrogen-bond donors (Lipinski definition) is 0. The van der Waals surface area contributed by atoms with E-state index in [1.165, 1.54) is 26.7 Å². The minimum atomic E-state index is -0.356. The average molecular weight is 156 g/mol. The van der Waals surface area contributed by atoms with Crippen molar-refractivity contribution in [3.05, 3.63) is 18.4 Å². The van der Waals surface area contributed by atoms with Crippen LogP contribution in [0.4, 0.5) is 0 Å². The molecular weight excluding hydrogens is 148 g/mol. The molecule has 0 N–H and O–H groups in total. The van der Waals surface area contributed by atoms with Crippen LogP contribution in [-0.2, 0) is 4.84 Å². The van der Waals surface area contributed by atoms with E-state index in [4.69, 9.17) is 4.42 Å². The highest BCUT2D eigenvalue weighted by Gasteiger charge is 2.13. The normalized spacial score (nSPS) is 9.64. The minimum absolute atomic E-state index is 0.161. The largest absolute Gasteiger partial charge is 0.438 e. The van der Waals surface area contributed by atoms with E-state index in [-0.39, 0.29) is 11.7 Å². The van der Waals surface area contributed by atoms with Gasteiger partial charge in [0.2, 0.25) is 5.76 Å². The van der Waals surface area contributed by atoms with Crippen LogP contribution in [0.5, 0.6) is 0 Å². The van der Waals surface area contributed by atoms with Crippen molar-refractivity contribution in [1.82, 2.24) is 10.0 Å². The van der Waals surface area contributed by atoms with Gasteiger partial charge < -0.3 is 4.42 Å². The molecule has 1 heterocycles. The molecule has 0 aliphatic heterocycles. The van der Waals surface area contributed by atoms with Crippen LogP contribution in [0.1, 0.15) is 10.6 Å². The van der Waals surface area contributed by atoms with Gasteiger partial charge in [-0.15, -0.1) is 0 Å². The number of amides is 1. The topological polar surface area (TPSA) is 55.6 Å². The molecule has 1 amide bonds. The Hall–Kier alpha value is -1.36. The molecule has 0 aromatic carbocycles. The van der Waals surface area contributed by atoms with Crippen LogP contribution in [0.25, 0.3) is 0 Å². The Morgan fingerprint density at radius 2 is 2.55 bits per heavy atom. The molecule has 0 aliphatic carbocycles. The van der Waals surface area contributed by atoms with E-state index in [2.05, 4.69) is 9.82 Å². The zero-order valence-electron chi connectivity index (χ0n) is 6.27. The fourth-order valence-corrected chi connectivity index (χ4v) is 0.559. The van der Waals surface area contributed by atoms with Gasteiger partial charge in [-0.25, -0.2) is 10.0 Å². The molecule has 1 aromatic rings. The van der Waals surface area contributed by atoms with Crippen LogP contribution >= 0.6 is 0 Å². The number of aromatic nitrogens is 1. The van der Waals surface area contributed by atoms with Crippen LogP contribution in [0.3, 0.4) is 0 Å². The van der Waals surface area contributed by atoms with Gasteiger partial charge in [-0.2, -0.15) is 0 Å². The first-order valence-corrected chi connectivity index (χ1v) is 2.96. The molecule has 0 atom stereocenters. The van der Waals surface area contributed by atoms with Crippen LogP contribution in [-0.4, -0.2) is 30.1 Å². The van der Waals surface area contributed by atoms with Gasteiger partial charge in [0.25, 0.3) is 0 Å². The molecule has 0 aliphatic rings. The lowest BCUT2D eigenvalue weighted by Crippen LogP contribution is -2.24. The Morgan fingerprint density at radius 3 is 3.00 bits per heavy atom. The standard InChI is InChI=1S/C6H8N2O3/c1-8(10-2)6(9)5-3-7-4-11-5/h3-4H,1-2H3. The van der Waals surface area contributed by atoms with Gasteiger partial charge in [0.15, 0.2) is 6.39 Å². The molecule has 0 radical (unpaired) electrons. The van der Waals surface area contributed by atoms with E-state index in [9.17, 15) is 4.79 Å². The van der Waals surface area contributed by atoms with Gasteiger partial charge in [0.1, 0.15) is 0 Å². The van der Waals surface area contributed by atoms with Crippen molar-refractivity contribution in [3.63, 3.8) is 0 Å². The molecule has 0 fully saturated rings. The number of rotatable bonds is 2. The summed E-state index contributed by atoms with van der Waals surface area (Å²) >= 11 is 0. The molecule has 60 valence electrons. The molecule has 11 heavy (non-hydrogen) atoms. The molecular formula is C6H8N2O3. The fourth-order valence-electron chi connectivity index (χ4n) is 0.559. The summed E-state index contributed by atoms with van der Waals surface area (Å²) in [4.78, 5) is 19.3. The quantitative estimate of drug-likeness (QED) is 0.578. The van der Waals surface area contributed by atoms with Gasteiger partial charge in [-0.1, -0.05) is 0 Å². The zero-order valence-corrected chi connectivity index (χ0v) is 6.27. The first-order valence-electron chi connectivity index (χ1n) is 2.96. The van der Waals surface area contributed by atoms with E-state index in [0.29, 0.717) is 0 Å². The Balaban J connectivity index is 2.70. The lowest BCUT2D eigenvalue weighted by atomic mass is 10.5. The van der Waals surface area contributed by atoms with Crippen molar-refractivity contribution < 1.29 is 14.0 Å². The summed E-state index contributed by atoms with van der Waals surface area (Å²) in [6.45, 7) is 0. The predicted octanol–water partition coefficient (Wildman–Crippen LogP) is 0.308. The summed E-state index contributed by atoms with van der Waals surface area (Å²) in [5, 5.41) is 1.06. The van der Waals surface area contributed by atoms with E-state index in [1.54, 1.807) is 0 Å². The van der Waals surface area contributed by atoms with Crippen molar-refractivity contribution in [3.8, 4) is 0 Å². The van der Waals surface area contributed by atoms with E-state index in [1.807, 2.05) is 0 Å². The Labute approximate surface area is 63.5 Å². The molecule has 5 heteroatoms. The molecule has 5 nitrogen and oxygen atoms in total. The third-order valence-corrected chi connectivity index (χ3v) is 1.20. The maximum Gasteiger partial charge on any atom is 0.314 e. The molecule has 0 saturated heterocycles. The van der Waals surface area contributed by atoms with E-state index >= 15 is 0 Å². The second kappa shape index (κ2) is 3.16. The van der Waals surface area contributed by atoms with Crippen LogP contribution in [0, 0.1) is 0 Å². The fraction of sp³-hybridized carbons (Fsp3) is 0.333. The number of nitrogens with zero attached hydrogens (tertiary/aromatic N) is 2. The smallest absolute Gasteiger partial charge is 0.314 e. The van der Waals surface area contributed by atoms with Crippen molar-refractivity contribution >= 4 is 5.91 Å². The minimum Gasteiger partial charge on any atom is -0.438 e. The lowest BCUT2D eigenvalue weighted by molar-refractivity contribution is -0.0773. The molecule has 0 spiro atoms. The Bertz CT molecular complexity index is 232. The highest BCUT2D eigenvalue weighted by Crippen LogP contribution is 2.00. The van der Waals surface area contributed by atoms with Crippen molar-refractivity contribution in [2.24, 2.45) is 0 Å². The maximum absolute atomic E-state index is 11.1. The Kier molecular flexibility index (Phi) is 2.22. The number of hydroxylamine groups is 2. The van der Waals surface area contributed by atoms with E-state index < -0.39 is 0 Å². The third-order valence-electron chi connectivity index (χ3n) is 1.20. The summed E-state index contributed by atoms with van der Waals surface area (Å²) in [7, 11) is 2.89. The highest BCUT2D eigenvalue weighted by atomic mass is 16.7. The van der Waals surface area contributed by atoms with Gasteiger partial charge >= 0.3 is 5.91 Å². The van der Waals surface area contributed by atoms with Crippen molar-refractivity contribution in [1.29, 1.82) is 0 Å². The van der Waals surface area contributed by atoms with Crippen molar-refractivity contribution in [2.45, 2.75) is 0 Å². The van der Waals surface area contributed by atoms with Crippen molar-refractivity contribution in [2.75, 3.05) is 14.2 Å². The first kappa shape index (κ1) is 7.74. The second-order valence-electron chi connectivity index (χ2n) is 1.85. The summed E-state index contributed by atoms with van der Waals surface area (Å²) < 4.78 is 4.74. The lowest BCUT2D eigenvalue weighted by Gasteiger charge is -2.10. The Morgan fingerprint density at radius 1 is 1.82 bits per heavy atom. The van der Waals surface area contributed by atoms with Gasteiger partial charge in [-0.05, 0) is 0 Å². The number of carbonyl (C=O) groups excluding carboxylic acids is 1. The summed E-state index contributed by atoms with van der Waals surface area (Å²) in [6, 6.07) is 0. The summed E-state index contributed by atoms with van der Waals surface area (Å²) in [5.74, 6) is -0.195. The number of hydrogen-bond acceptors (Lipinski definition) is 4. The molecule has 0 unspecified atom stereocenters. The zero-order chi connectivity index (χ0) is 8.27. The van der Waals surface area contributed by atoms with Crippen LogP contribution in [0.15, 0.2) is 17.0 Å². The van der Waals surface area contributed by atoms with E-state index in [0.717, 1.165) is 5.06 Å². The molecule has 0 saturated carbocycles. The molecule has 0 bridgehead atoms. The van der Waals surface area contributed by atoms with Gasteiger partial charge in [0.05, 0.1) is 13.3 Å². The number of oxazole rings is 1.